The second kappa shape index (κ2) is 7.80. The number of carbonyl (C=O) groups excluding carboxylic acids is 1. The zero-order chi connectivity index (χ0) is 20.7. The molecular weight excluding hydrogens is 401 g/mol. The molecule has 0 spiro atoms. The molecule has 1 aliphatic carbocycles. The topological polar surface area (TPSA) is 55.3 Å². The van der Waals surface area contributed by atoms with E-state index < -0.39 is 0 Å². The Labute approximate surface area is 178 Å². The lowest BCUT2D eigenvalue weighted by molar-refractivity contribution is -0.0309. The minimum absolute atomic E-state index is 0.0217. The van der Waals surface area contributed by atoms with Gasteiger partial charge in [0.25, 0.3) is 5.91 Å². The monoisotopic (exact) mass is 423 g/mol. The highest BCUT2D eigenvalue weighted by Crippen LogP contribution is 2.44. The average molecular weight is 424 g/mol. The van der Waals surface area contributed by atoms with E-state index in [-0.39, 0.29) is 23.8 Å². The summed E-state index contributed by atoms with van der Waals surface area (Å²) in [5, 5.41) is 2.70. The van der Waals surface area contributed by atoms with Crippen LogP contribution in [0.2, 0.25) is 0 Å². The Balaban J connectivity index is 1.42. The number of halogens is 1. The van der Waals surface area contributed by atoms with Crippen molar-refractivity contribution < 1.29 is 13.9 Å². The zero-order valence-electron chi connectivity index (χ0n) is 16.6. The van der Waals surface area contributed by atoms with Crippen LogP contribution in [0, 0.1) is 18.7 Å². The Morgan fingerprint density at radius 2 is 2.00 bits per heavy atom. The Morgan fingerprint density at radius 1 is 1.20 bits per heavy atom. The number of aryl methyl sites for hydroxylation is 1. The summed E-state index contributed by atoms with van der Waals surface area (Å²) >= 11 is 1.50. The number of hydrogen-bond donors (Lipinski definition) is 0. The number of rotatable bonds is 5. The lowest BCUT2D eigenvalue weighted by Crippen LogP contribution is -2.60. The first kappa shape index (κ1) is 19.2. The number of ether oxygens (including phenoxy) is 1. The molecule has 1 saturated carbocycles. The minimum Gasteiger partial charge on any atom is -0.491 e. The molecule has 5 nitrogen and oxygen atoms in total. The standard InChI is InChI=1S/C23H22FN3O2S/c1-14-2-7-20(22-25-8-9-30-22)21(26-14)23(28)27-17-10-15(11-17)12-18(27)13-29-19-5-3-16(24)4-6-19/h2-9,15,17-18H,10-13H2,1H3/t15?,17?,18-/m0/s1. The van der Waals surface area contributed by atoms with Gasteiger partial charge in [0.2, 0.25) is 0 Å². The first-order valence-electron chi connectivity index (χ1n) is 10.2. The average Bonchev–Trinajstić information content (AvgIpc) is 3.26. The van der Waals surface area contributed by atoms with Crippen LogP contribution in [0.25, 0.3) is 10.6 Å². The van der Waals surface area contributed by atoms with Crippen LogP contribution in [0.15, 0.2) is 48.0 Å². The summed E-state index contributed by atoms with van der Waals surface area (Å²) in [5.41, 5.74) is 2.04. The molecule has 1 amide bonds. The highest BCUT2D eigenvalue weighted by atomic mass is 32.1. The third kappa shape index (κ3) is 3.58. The van der Waals surface area contributed by atoms with Gasteiger partial charge in [-0.2, -0.15) is 0 Å². The first-order valence-corrected chi connectivity index (χ1v) is 11.0. The van der Waals surface area contributed by atoms with Gasteiger partial charge in [-0.25, -0.2) is 14.4 Å². The summed E-state index contributed by atoms with van der Waals surface area (Å²) in [6.07, 6.45) is 4.74. The summed E-state index contributed by atoms with van der Waals surface area (Å²) in [7, 11) is 0. The maximum atomic E-state index is 13.7. The van der Waals surface area contributed by atoms with Gasteiger partial charge in [0, 0.05) is 28.9 Å². The summed E-state index contributed by atoms with van der Waals surface area (Å²) in [5.74, 6) is 0.906. The predicted molar refractivity (Wildman–Crippen MR) is 113 cm³/mol. The van der Waals surface area contributed by atoms with Crippen LogP contribution in [0.3, 0.4) is 0 Å². The van der Waals surface area contributed by atoms with E-state index in [1.807, 2.05) is 29.3 Å². The van der Waals surface area contributed by atoms with E-state index in [9.17, 15) is 9.18 Å². The van der Waals surface area contributed by atoms with Gasteiger partial charge in [-0.1, -0.05) is 0 Å². The molecule has 30 heavy (non-hydrogen) atoms. The molecule has 3 aromatic rings. The molecule has 2 aromatic heterocycles. The third-order valence-corrected chi connectivity index (χ3v) is 6.80. The molecule has 0 radical (unpaired) electrons. The highest BCUT2D eigenvalue weighted by Gasteiger charge is 2.47. The number of benzene rings is 1. The molecule has 4 heterocycles. The minimum atomic E-state index is -0.293. The van der Waals surface area contributed by atoms with Crippen molar-refractivity contribution in [2.75, 3.05) is 6.61 Å². The van der Waals surface area contributed by atoms with Crippen LogP contribution in [0.4, 0.5) is 4.39 Å². The number of fused-ring (bicyclic) bond motifs is 2. The largest absolute Gasteiger partial charge is 0.491 e. The molecular formula is C23H22FN3O2S. The van der Waals surface area contributed by atoms with Crippen LogP contribution in [-0.4, -0.2) is 39.5 Å². The van der Waals surface area contributed by atoms with Crippen LogP contribution in [0.5, 0.6) is 5.75 Å². The quantitative estimate of drug-likeness (QED) is 0.596. The van der Waals surface area contributed by atoms with Crippen molar-refractivity contribution >= 4 is 17.2 Å². The van der Waals surface area contributed by atoms with Crippen molar-refractivity contribution in [3.8, 4) is 16.3 Å². The third-order valence-electron chi connectivity index (χ3n) is 5.99. The Morgan fingerprint density at radius 3 is 2.73 bits per heavy atom. The smallest absolute Gasteiger partial charge is 0.273 e. The van der Waals surface area contributed by atoms with Gasteiger partial charge in [0.1, 0.15) is 28.9 Å². The number of thiazole rings is 1. The van der Waals surface area contributed by atoms with E-state index in [1.54, 1.807) is 18.3 Å². The lowest BCUT2D eigenvalue weighted by Gasteiger charge is -2.53. The van der Waals surface area contributed by atoms with Crippen molar-refractivity contribution in [3.63, 3.8) is 0 Å². The van der Waals surface area contributed by atoms with E-state index in [1.165, 1.54) is 23.5 Å². The van der Waals surface area contributed by atoms with Crippen molar-refractivity contribution in [3.05, 3.63) is 65.2 Å². The molecule has 154 valence electrons. The fourth-order valence-electron chi connectivity index (χ4n) is 4.49. The molecule has 3 aliphatic rings. The molecule has 0 unspecified atom stereocenters. The molecule has 2 saturated heterocycles. The van der Waals surface area contributed by atoms with Crippen LogP contribution in [0.1, 0.15) is 35.4 Å². The second-order valence-corrected chi connectivity index (χ2v) is 8.94. The summed E-state index contributed by atoms with van der Waals surface area (Å²) in [6.45, 7) is 2.29. The molecule has 2 bridgehead atoms. The van der Waals surface area contributed by atoms with Crippen molar-refractivity contribution in [2.24, 2.45) is 5.92 Å². The maximum absolute atomic E-state index is 13.7. The number of piperidine rings is 2. The molecule has 7 heteroatoms. The van der Waals surface area contributed by atoms with Gasteiger partial charge in [0.05, 0.1) is 6.04 Å². The van der Waals surface area contributed by atoms with E-state index >= 15 is 0 Å². The number of aromatic nitrogens is 2. The Kier molecular flexibility index (Phi) is 4.98. The fraction of sp³-hybridized carbons (Fsp3) is 0.348. The summed E-state index contributed by atoms with van der Waals surface area (Å²) < 4.78 is 19.1. The van der Waals surface area contributed by atoms with Crippen molar-refractivity contribution in [1.82, 2.24) is 14.9 Å². The van der Waals surface area contributed by atoms with Crippen LogP contribution >= 0.6 is 11.3 Å². The molecule has 6 rings (SSSR count). The SMILES string of the molecule is Cc1ccc(-c2nccs2)c(C(=O)N2C3CC(C3)C[C@H]2COc2ccc(F)cc2)n1. The van der Waals surface area contributed by atoms with Crippen molar-refractivity contribution in [2.45, 2.75) is 38.3 Å². The molecule has 2 aliphatic heterocycles. The number of amides is 1. The van der Waals surface area contributed by atoms with Crippen LogP contribution < -0.4 is 4.74 Å². The number of hydrogen-bond acceptors (Lipinski definition) is 5. The first-order chi connectivity index (χ1) is 14.6. The number of nitrogens with zero attached hydrogens (tertiary/aromatic N) is 3. The van der Waals surface area contributed by atoms with Crippen molar-refractivity contribution in [1.29, 1.82) is 0 Å². The van der Waals surface area contributed by atoms with Gasteiger partial charge in [0.15, 0.2) is 0 Å². The van der Waals surface area contributed by atoms with Gasteiger partial charge in [-0.05, 0) is 68.5 Å². The molecule has 3 fully saturated rings. The molecule has 0 N–H and O–H groups in total. The molecule has 1 aromatic carbocycles. The summed E-state index contributed by atoms with van der Waals surface area (Å²) in [4.78, 5) is 24.7. The van der Waals surface area contributed by atoms with Gasteiger partial charge in [-0.3, -0.25) is 4.79 Å². The zero-order valence-corrected chi connectivity index (χ0v) is 17.4. The maximum Gasteiger partial charge on any atom is 0.273 e. The lowest BCUT2D eigenvalue weighted by atomic mass is 9.70. The van der Waals surface area contributed by atoms with E-state index in [0.717, 1.165) is 35.5 Å². The van der Waals surface area contributed by atoms with E-state index in [2.05, 4.69) is 9.97 Å². The van der Waals surface area contributed by atoms with Crippen LogP contribution in [-0.2, 0) is 0 Å². The predicted octanol–water partition coefficient (Wildman–Crippen LogP) is 4.72. The second-order valence-electron chi connectivity index (χ2n) is 8.04. The normalized spacial score (nSPS) is 22.5. The summed E-state index contributed by atoms with van der Waals surface area (Å²) in [6, 6.07) is 10.1. The van der Waals surface area contributed by atoms with E-state index in [0.29, 0.717) is 24.0 Å². The van der Waals surface area contributed by atoms with Gasteiger partial charge in [-0.15, -0.1) is 11.3 Å². The Hall–Kier alpha value is -2.80. The highest BCUT2D eigenvalue weighted by molar-refractivity contribution is 7.13. The number of pyridine rings is 1. The molecule has 1 atom stereocenters. The number of carbonyl (C=O) groups is 1. The fourth-order valence-corrected chi connectivity index (χ4v) is 5.15. The van der Waals surface area contributed by atoms with Gasteiger partial charge >= 0.3 is 0 Å². The van der Waals surface area contributed by atoms with E-state index in [4.69, 9.17) is 4.74 Å². The Bertz CT molecular complexity index is 1050. The van der Waals surface area contributed by atoms with Gasteiger partial charge < -0.3 is 9.64 Å².